The molecule has 1 aromatic carbocycles. The van der Waals surface area contributed by atoms with Gasteiger partial charge in [0.15, 0.2) is 5.16 Å². The summed E-state index contributed by atoms with van der Waals surface area (Å²) in [6.45, 7) is 0. The Morgan fingerprint density at radius 3 is 3.11 bits per heavy atom. The number of fused-ring (bicyclic) bond motifs is 3. The maximum Gasteiger partial charge on any atom is 0.217 e. The Kier molecular flexibility index (Phi) is 3.17. The minimum absolute atomic E-state index is 0.597. The molecule has 0 aliphatic carbocycles. The van der Waals surface area contributed by atoms with Gasteiger partial charge >= 0.3 is 0 Å². The van der Waals surface area contributed by atoms with Crippen LogP contribution in [0.5, 0.6) is 0 Å². The highest BCUT2D eigenvalue weighted by Gasteiger charge is 2.11. The molecule has 0 fully saturated rings. The Morgan fingerprint density at radius 2 is 2.22 bits per heavy atom. The summed E-state index contributed by atoms with van der Waals surface area (Å²) in [5, 5.41) is 17.8. The number of rotatable bonds is 4. The number of nitrogens with zero attached hydrogens (tertiary/aromatic N) is 4. The first-order valence-electron chi connectivity index (χ1n) is 5.62. The second-order valence-corrected chi connectivity index (χ2v) is 5.85. The normalized spacial score (nSPS) is 11.1. The van der Waals surface area contributed by atoms with Gasteiger partial charge in [-0.15, -0.1) is 10.2 Å². The summed E-state index contributed by atoms with van der Waals surface area (Å²) >= 11 is 3.31. The molecule has 0 amide bonds. The van der Waals surface area contributed by atoms with E-state index in [1.807, 2.05) is 12.1 Å². The zero-order valence-corrected chi connectivity index (χ0v) is 11.2. The van der Waals surface area contributed by atoms with Crippen molar-refractivity contribution in [1.29, 1.82) is 5.26 Å². The number of thioether (sulfide) groups is 1. The van der Waals surface area contributed by atoms with Crippen LogP contribution in [0.3, 0.4) is 0 Å². The van der Waals surface area contributed by atoms with Crippen LogP contribution in [-0.2, 0) is 0 Å². The summed E-state index contributed by atoms with van der Waals surface area (Å²) in [6.07, 6.45) is 1.48. The molecular formula is C12H10N4S2. The van der Waals surface area contributed by atoms with Gasteiger partial charge in [0.1, 0.15) is 0 Å². The van der Waals surface area contributed by atoms with Gasteiger partial charge in [0.05, 0.1) is 16.3 Å². The second-order valence-electron chi connectivity index (χ2n) is 3.78. The van der Waals surface area contributed by atoms with Crippen LogP contribution in [0.15, 0.2) is 29.4 Å². The van der Waals surface area contributed by atoms with Crippen molar-refractivity contribution in [2.45, 2.75) is 18.0 Å². The van der Waals surface area contributed by atoms with E-state index in [1.165, 1.54) is 4.70 Å². The third-order valence-electron chi connectivity index (χ3n) is 2.58. The molecule has 0 bridgehead atoms. The Labute approximate surface area is 112 Å². The largest absolute Gasteiger partial charge is 0.260 e. The molecule has 18 heavy (non-hydrogen) atoms. The minimum atomic E-state index is 0.597. The molecule has 0 spiro atoms. The molecule has 0 aliphatic heterocycles. The van der Waals surface area contributed by atoms with E-state index in [9.17, 15) is 0 Å². The Balaban J connectivity index is 1.95. The van der Waals surface area contributed by atoms with Crippen molar-refractivity contribution < 1.29 is 0 Å². The third kappa shape index (κ3) is 1.96. The van der Waals surface area contributed by atoms with E-state index < -0.39 is 0 Å². The maximum absolute atomic E-state index is 8.51. The van der Waals surface area contributed by atoms with Gasteiger partial charge in [0.2, 0.25) is 4.96 Å². The fourth-order valence-electron chi connectivity index (χ4n) is 1.76. The molecule has 4 nitrogen and oxygen atoms in total. The molecule has 2 heterocycles. The highest BCUT2D eigenvalue weighted by molar-refractivity contribution is 7.99. The molecule has 90 valence electrons. The first-order chi connectivity index (χ1) is 8.90. The van der Waals surface area contributed by atoms with Gasteiger partial charge in [0.25, 0.3) is 0 Å². The van der Waals surface area contributed by atoms with E-state index in [0.29, 0.717) is 6.42 Å². The maximum atomic E-state index is 8.51. The summed E-state index contributed by atoms with van der Waals surface area (Å²) in [7, 11) is 0. The van der Waals surface area contributed by atoms with Gasteiger partial charge in [-0.2, -0.15) is 5.26 Å². The lowest BCUT2D eigenvalue weighted by Gasteiger charge is -1.97. The van der Waals surface area contributed by atoms with Gasteiger partial charge in [-0.1, -0.05) is 35.2 Å². The number of hydrogen-bond acceptors (Lipinski definition) is 5. The first-order valence-corrected chi connectivity index (χ1v) is 7.43. The van der Waals surface area contributed by atoms with E-state index in [0.717, 1.165) is 27.8 Å². The average molecular weight is 274 g/mol. The van der Waals surface area contributed by atoms with Crippen molar-refractivity contribution in [2.75, 3.05) is 5.75 Å². The highest BCUT2D eigenvalue weighted by atomic mass is 32.2. The number of unbranched alkanes of at least 4 members (excludes halogenated alkanes) is 1. The monoisotopic (exact) mass is 274 g/mol. The lowest BCUT2D eigenvalue weighted by Crippen LogP contribution is -1.87. The summed E-state index contributed by atoms with van der Waals surface area (Å²) in [4.78, 5) is 0.930. The van der Waals surface area contributed by atoms with Crippen LogP contribution in [0.4, 0.5) is 0 Å². The highest BCUT2D eigenvalue weighted by Crippen LogP contribution is 2.29. The molecule has 0 saturated heterocycles. The smallest absolute Gasteiger partial charge is 0.217 e. The summed E-state index contributed by atoms with van der Waals surface area (Å²) in [5.74, 6) is 0.901. The summed E-state index contributed by atoms with van der Waals surface area (Å²) in [5.41, 5.74) is 1.16. The predicted octanol–water partition coefficient (Wildman–Crippen LogP) is 3.34. The van der Waals surface area contributed by atoms with E-state index in [-0.39, 0.29) is 0 Å². The Bertz CT molecular complexity index is 722. The third-order valence-corrected chi connectivity index (χ3v) is 4.60. The molecule has 0 atom stereocenters. The molecule has 6 heteroatoms. The topological polar surface area (TPSA) is 54.0 Å². The zero-order chi connectivity index (χ0) is 12.4. The van der Waals surface area contributed by atoms with Gasteiger partial charge in [0, 0.05) is 12.2 Å². The summed E-state index contributed by atoms with van der Waals surface area (Å²) < 4.78 is 3.32. The van der Waals surface area contributed by atoms with Gasteiger partial charge in [-0.25, -0.2) is 0 Å². The van der Waals surface area contributed by atoms with Crippen molar-refractivity contribution in [3.05, 3.63) is 24.3 Å². The standard InChI is InChI=1S/C12H10N4S2/c13-7-3-4-8-17-11-14-15-12-16(11)9-5-1-2-6-10(9)18-12/h1-2,5-6H,3-4,8H2. The predicted molar refractivity (Wildman–Crippen MR) is 73.9 cm³/mol. The molecule has 0 saturated carbocycles. The number of thiazole rings is 1. The lowest BCUT2D eigenvalue weighted by molar-refractivity contribution is 0.927. The van der Waals surface area contributed by atoms with E-state index in [4.69, 9.17) is 5.26 Å². The van der Waals surface area contributed by atoms with Gasteiger partial charge in [-0.05, 0) is 18.6 Å². The van der Waals surface area contributed by atoms with Crippen LogP contribution in [-0.4, -0.2) is 20.4 Å². The fraction of sp³-hybridized carbons (Fsp3) is 0.250. The van der Waals surface area contributed by atoms with Crippen molar-refractivity contribution in [2.24, 2.45) is 0 Å². The SMILES string of the molecule is N#CCCCSc1nnc2sc3ccccc3n12. The fourth-order valence-corrected chi connectivity index (χ4v) is 3.67. The molecule has 0 aliphatic rings. The summed E-state index contributed by atoms with van der Waals surface area (Å²) in [6, 6.07) is 10.4. The van der Waals surface area contributed by atoms with E-state index >= 15 is 0 Å². The second kappa shape index (κ2) is 4.96. The molecular weight excluding hydrogens is 264 g/mol. The van der Waals surface area contributed by atoms with Crippen LogP contribution in [0.2, 0.25) is 0 Å². The molecule has 0 unspecified atom stereocenters. The minimum Gasteiger partial charge on any atom is -0.260 e. The number of aromatic nitrogens is 3. The zero-order valence-electron chi connectivity index (χ0n) is 9.54. The van der Waals surface area contributed by atoms with Crippen molar-refractivity contribution in [1.82, 2.24) is 14.6 Å². The van der Waals surface area contributed by atoms with Crippen LogP contribution in [0.1, 0.15) is 12.8 Å². The lowest BCUT2D eigenvalue weighted by atomic mass is 10.3. The van der Waals surface area contributed by atoms with Crippen molar-refractivity contribution in [3.63, 3.8) is 0 Å². The van der Waals surface area contributed by atoms with Crippen LogP contribution in [0, 0.1) is 11.3 Å². The molecule has 0 N–H and O–H groups in total. The van der Waals surface area contributed by atoms with Crippen LogP contribution >= 0.6 is 23.1 Å². The number of nitriles is 1. The van der Waals surface area contributed by atoms with E-state index in [2.05, 4.69) is 32.8 Å². The van der Waals surface area contributed by atoms with Crippen molar-refractivity contribution in [3.8, 4) is 6.07 Å². The van der Waals surface area contributed by atoms with E-state index in [1.54, 1.807) is 23.1 Å². The van der Waals surface area contributed by atoms with Crippen molar-refractivity contribution >= 4 is 38.3 Å². The molecule has 0 radical (unpaired) electrons. The van der Waals surface area contributed by atoms with Crippen LogP contribution < -0.4 is 0 Å². The first kappa shape index (κ1) is 11.5. The van der Waals surface area contributed by atoms with Crippen LogP contribution in [0.25, 0.3) is 15.2 Å². The molecule has 3 rings (SSSR count). The number of para-hydroxylation sites is 1. The number of hydrogen-bond donors (Lipinski definition) is 0. The Morgan fingerprint density at radius 1 is 1.33 bits per heavy atom. The average Bonchev–Trinajstić information content (AvgIpc) is 2.94. The quantitative estimate of drug-likeness (QED) is 0.541. The van der Waals surface area contributed by atoms with Gasteiger partial charge < -0.3 is 0 Å². The number of benzene rings is 1. The Hall–Kier alpha value is -1.58. The molecule has 3 aromatic rings. The molecule has 2 aromatic heterocycles. The van der Waals surface area contributed by atoms with Gasteiger partial charge in [-0.3, -0.25) is 4.40 Å².